The molecule has 1 aliphatic carbocycles. The summed E-state index contributed by atoms with van der Waals surface area (Å²) in [4.78, 5) is 26.7. The third-order valence-electron chi connectivity index (χ3n) is 4.21. The molecule has 0 fully saturated rings. The third kappa shape index (κ3) is 4.31. The Morgan fingerprint density at radius 2 is 2.17 bits per heavy atom. The molecule has 2 rings (SSSR count). The van der Waals surface area contributed by atoms with Gasteiger partial charge in [0.25, 0.3) is 0 Å². The van der Waals surface area contributed by atoms with Gasteiger partial charge in [-0.1, -0.05) is 13.8 Å². The average Bonchev–Trinajstić information content (AvgIpc) is 2.83. The van der Waals surface area contributed by atoms with Crippen molar-refractivity contribution in [2.75, 3.05) is 31.6 Å². The lowest BCUT2D eigenvalue weighted by Gasteiger charge is -2.18. The van der Waals surface area contributed by atoms with E-state index in [0.29, 0.717) is 24.0 Å². The molecule has 1 heterocycles. The topological polar surface area (TPSA) is 89.9 Å². The Labute approximate surface area is 140 Å². The summed E-state index contributed by atoms with van der Waals surface area (Å²) in [5.74, 6) is -0.670. The van der Waals surface area contributed by atoms with E-state index < -0.39 is 5.97 Å². The van der Waals surface area contributed by atoms with Gasteiger partial charge in [0.15, 0.2) is 0 Å². The number of aromatic carboxylic acids is 1. The summed E-state index contributed by atoms with van der Waals surface area (Å²) < 4.78 is 0. The van der Waals surface area contributed by atoms with Gasteiger partial charge in [-0.25, -0.2) is 4.79 Å². The number of thiophene rings is 1. The van der Waals surface area contributed by atoms with Gasteiger partial charge in [-0.15, -0.1) is 11.3 Å². The van der Waals surface area contributed by atoms with Gasteiger partial charge >= 0.3 is 5.97 Å². The molecule has 0 bridgehead atoms. The minimum atomic E-state index is -0.977. The molecule has 1 unspecified atom stereocenters. The van der Waals surface area contributed by atoms with Crippen molar-refractivity contribution >= 4 is 28.2 Å². The van der Waals surface area contributed by atoms with E-state index >= 15 is 0 Å². The van der Waals surface area contributed by atoms with E-state index in [9.17, 15) is 14.7 Å². The number of aliphatic hydroxyl groups is 1. The Balaban J connectivity index is 2.16. The van der Waals surface area contributed by atoms with E-state index in [1.165, 1.54) is 11.3 Å². The molecule has 0 radical (unpaired) electrons. The van der Waals surface area contributed by atoms with Crippen LogP contribution >= 0.6 is 11.3 Å². The Hall–Kier alpha value is -1.44. The summed E-state index contributed by atoms with van der Waals surface area (Å²) in [6.45, 7) is 5.29. The van der Waals surface area contributed by atoms with Gasteiger partial charge in [-0.2, -0.15) is 0 Å². The monoisotopic (exact) mass is 340 g/mol. The summed E-state index contributed by atoms with van der Waals surface area (Å²) in [5.41, 5.74) is 1.15. The lowest BCUT2D eigenvalue weighted by Crippen LogP contribution is -2.35. The van der Waals surface area contributed by atoms with Crippen molar-refractivity contribution in [3.63, 3.8) is 0 Å². The molecule has 0 aliphatic heterocycles. The first-order valence-electron chi connectivity index (χ1n) is 7.97. The molecule has 0 spiro atoms. The SMILES string of the molecule is CCN(CCO)CC(=O)Nc1sc2c(c1C(=O)O)CCC(C)C2. The van der Waals surface area contributed by atoms with Crippen LogP contribution in [0.25, 0.3) is 0 Å². The molecule has 6 nitrogen and oxygen atoms in total. The maximum atomic E-state index is 12.2. The van der Waals surface area contributed by atoms with Crippen LogP contribution in [0.15, 0.2) is 0 Å². The first-order chi connectivity index (χ1) is 11.0. The molecule has 1 atom stereocenters. The first kappa shape index (κ1) is 17.9. The Kier molecular flexibility index (Phi) is 6.15. The summed E-state index contributed by atoms with van der Waals surface area (Å²) in [7, 11) is 0. The van der Waals surface area contributed by atoms with Crippen LogP contribution < -0.4 is 5.32 Å². The largest absolute Gasteiger partial charge is 0.478 e. The number of amides is 1. The van der Waals surface area contributed by atoms with Crippen molar-refractivity contribution in [3.8, 4) is 0 Å². The Bertz CT molecular complexity index is 585. The molecular formula is C16H24N2O4S. The number of hydrogen-bond donors (Lipinski definition) is 3. The molecule has 3 N–H and O–H groups in total. The summed E-state index contributed by atoms with van der Waals surface area (Å²) in [5, 5.41) is 21.7. The number of anilines is 1. The maximum Gasteiger partial charge on any atom is 0.339 e. The molecule has 23 heavy (non-hydrogen) atoms. The fraction of sp³-hybridized carbons (Fsp3) is 0.625. The normalized spacial score (nSPS) is 17.1. The molecular weight excluding hydrogens is 316 g/mol. The molecule has 7 heteroatoms. The Morgan fingerprint density at radius 1 is 1.43 bits per heavy atom. The molecule has 1 amide bonds. The highest BCUT2D eigenvalue weighted by Gasteiger charge is 2.28. The number of hydrogen-bond acceptors (Lipinski definition) is 5. The van der Waals surface area contributed by atoms with E-state index in [-0.39, 0.29) is 24.6 Å². The number of rotatable bonds is 7. The van der Waals surface area contributed by atoms with Gasteiger partial charge in [-0.05, 0) is 37.3 Å². The second-order valence-electron chi connectivity index (χ2n) is 6.00. The van der Waals surface area contributed by atoms with E-state index in [2.05, 4.69) is 12.2 Å². The molecule has 1 aromatic heterocycles. The Morgan fingerprint density at radius 3 is 2.78 bits per heavy atom. The maximum absolute atomic E-state index is 12.2. The quantitative estimate of drug-likeness (QED) is 0.704. The fourth-order valence-electron chi connectivity index (χ4n) is 2.92. The van der Waals surface area contributed by atoms with Crippen LogP contribution in [-0.4, -0.2) is 53.2 Å². The van der Waals surface area contributed by atoms with E-state index in [1.807, 2.05) is 11.8 Å². The van der Waals surface area contributed by atoms with Crippen LogP contribution in [0, 0.1) is 5.92 Å². The molecule has 128 valence electrons. The highest BCUT2D eigenvalue weighted by Crippen LogP contribution is 2.39. The van der Waals surface area contributed by atoms with E-state index in [0.717, 1.165) is 29.7 Å². The highest BCUT2D eigenvalue weighted by molar-refractivity contribution is 7.17. The van der Waals surface area contributed by atoms with Crippen LogP contribution in [0.2, 0.25) is 0 Å². The minimum Gasteiger partial charge on any atom is -0.478 e. The number of carbonyl (C=O) groups is 2. The minimum absolute atomic E-state index is 0.00726. The molecule has 1 aliphatic rings. The smallest absolute Gasteiger partial charge is 0.339 e. The fourth-order valence-corrected chi connectivity index (χ4v) is 4.34. The standard InChI is InChI=1S/C16H24N2O4S/c1-3-18(6-7-19)9-13(20)17-15-14(16(21)22)11-5-4-10(2)8-12(11)23-15/h10,19H,3-9H2,1-2H3,(H,17,20)(H,21,22). The summed E-state index contributed by atoms with van der Waals surface area (Å²) >= 11 is 1.39. The van der Waals surface area contributed by atoms with Crippen molar-refractivity contribution < 1.29 is 19.8 Å². The predicted octanol–water partition coefficient (Wildman–Crippen LogP) is 1.82. The lowest BCUT2D eigenvalue weighted by atomic mass is 9.88. The first-order valence-corrected chi connectivity index (χ1v) is 8.78. The van der Waals surface area contributed by atoms with E-state index in [1.54, 1.807) is 0 Å². The van der Waals surface area contributed by atoms with Gasteiger partial charge in [0.1, 0.15) is 5.00 Å². The zero-order chi connectivity index (χ0) is 17.0. The van der Waals surface area contributed by atoms with Gasteiger partial charge in [0.2, 0.25) is 5.91 Å². The lowest BCUT2D eigenvalue weighted by molar-refractivity contribution is -0.117. The van der Waals surface area contributed by atoms with Gasteiger partial charge < -0.3 is 15.5 Å². The zero-order valence-electron chi connectivity index (χ0n) is 13.6. The number of carboxylic acids is 1. The van der Waals surface area contributed by atoms with Crippen LogP contribution in [-0.2, 0) is 17.6 Å². The van der Waals surface area contributed by atoms with E-state index in [4.69, 9.17) is 5.11 Å². The van der Waals surface area contributed by atoms with Crippen LogP contribution in [0.5, 0.6) is 0 Å². The zero-order valence-corrected chi connectivity index (χ0v) is 14.4. The second kappa shape index (κ2) is 7.90. The number of nitrogens with one attached hydrogen (secondary N) is 1. The second-order valence-corrected chi connectivity index (χ2v) is 7.11. The van der Waals surface area contributed by atoms with Crippen molar-refractivity contribution in [2.45, 2.75) is 33.1 Å². The average molecular weight is 340 g/mol. The molecule has 0 saturated heterocycles. The summed E-state index contributed by atoms with van der Waals surface area (Å²) in [6.07, 6.45) is 2.62. The summed E-state index contributed by atoms with van der Waals surface area (Å²) in [6, 6.07) is 0. The number of likely N-dealkylation sites (N-methyl/N-ethyl adjacent to an activating group) is 1. The van der Waals surface area contributed by atoms with Crippen LogP contribution in [0.1, 0.15) is 41.1 Å². The number of fused-ring (bicyclic) bond motifs is 1. The third-order valence-corrected chi connectivity index (χ3v) is 5.38. The van der Waals surface area contributed by atoms with Crippen LogP contribution in [0.3, 0.4) is 0 Å². The number of aliphatic hydroxyl groups excluding tert-OH is 1. The molecule has 0 aromatic carbocycles. The number of carboxylic acid groups (broad SMARTS) is 1. The number of carbonyl (C=O) groups excluding carboxylic acids is 1. The van der Waals surface area contributed by atoms with Crippen molar-refractivity contribution in [2.24, 2.45) is 5.92 Å². The predicted molar refractivity (Wildman–Crippen MR) is 90.3 cm³/mol. The van der Waals surface area contributed by atoms with Crippen molar-refractivity contribution in [1.29, 1.82) is 0 Å². The molecule has 0 saturated carbocycles. The van der Waals surface area contributed by atoms with Crippen molar-refractivity contribution in [3.05, 3.63) is 16.0 Å². The van der Waals surface area contributed by atoms with Crippen LogP contribution in [0.4, 0.5) is 5.00 Å². The van der Waals surface area contributed by atoms with Gasteiger partial charge in [0, 0.05) is 11.4 Å². The number of nitrogens with zero attached hydrogens (tertiary/aromatic N) is 1. The molecule has 1 aromatic rings. The van der Waals surface area contributed by atoms with Gasteiger partial charge in [0.05, 0.1) is 18.7 Å². The van der Waals surface area contributed by atoms with Gasteiger partial charge in [-0.3, -0.25) is 9.69 Å². The van der Waals surface area contributed by atoms with Crippen molar-refractivity contribution in [1.82, 2.24) is 4.90 Å². The highest BCUT2D eigenvalue weighted by atomic mass is 32.1.